The second kappa shape index (κ2) is 6.30. The molecule has 2 aromatic heterocycles. The van der Waals surface area contributed by atoms with Crippen LogP contribution in [0.5, 0.6) is 0 Å². The number of nitrogens with one attached hydrogen (secondary N) is 1. The van der Waals surface area contributed by atoms with Crippen LogP contribution >= 0.6 is 11.3 Å². The van der Waals surface area contributed by atoms with Gasteiger partial charge in [-0.2, -0.15) is 20.2 Å². The Balaban J connectivity index is 2.47. The van der Waals surface area contributed by atoms with Gasteiger partial charge in [-0.05, 0) is 26.0 Å². The van der Waals surface area contributed by atoms with E-state index in [9.17, 15) is 0 Å². The number of nitriles is 1. The molecule has 0 amide bonds. The minimum Gasteiger partial charge on any atom is -0.357 e. The molecule has 6 nitrogen and oxygen atoms in total. The van der Waals surface area contributed by atoms with Gasteiger partial charge in [0.2, 0.25) is 11.9 Å². The van der Waals surface area contributed by atoms with Crippen LogP contribution in [0.3, 0.4) is 0 Å². The molecule has 20 heavy (non-hydrogen) atoms. The molecule has 1 N–H and O–H groups in total. The summed E-state index contributed by atoms with van der Waals surface area (Å²) in [6.07, 6.45) is 0. The van der Waals surface area contributed by atoms with Gasteiger partial charge in [-0.1, -0.05) is 0 Å². The van der Waals surface area contributed by atoms with Crippen molar-refractivity contribution < 1.29 is 0 Å². The highest BCUT2D eigenvalue weighted by atomic mass is 32.1. The maximum atomic E-state index is 8.90. The SMILES string of the molecule is CCN(CC)c1nc(NC)nc(-c2ccc(C#N)s2)n1. The summed E-state index contributed by atoms with van der Waals surface area (Å²) in [5.74, 6) is 1.78. The zero-order chi connectivity index (χ0) is 14.5. The molecule has 0 saturated carbocycles. The lowest BCUT2D eigenvalue weighted by Crippen LogP contribution is -2.25. The normalized spacial score (nSPS) is 10.1. The van der Waals surface area contributed by atoms with Gasteiger partial charge < -0.3 is 10.2 Å². The van der Waals surface area contributed by atoms with Crippen LogP contribution in [-0.4, -0.2) is 35.1 Å². The van der Waals surface area contributed by atoms with Gasteiger partial charge in [-0.15, -0.1) is 11.3 Å². The first-order valence-electron chi connectivity index (χ1n) is 6.40. The molecule has 0 radical (unpaired) electrons. The molecule has 0 aliphatic carbocycles. The Morgan fingerprint density at radius 1 is 1.25 bits per heavy atom. The van der Waals surface area contributed by atoms with Crippen molar-refractivity contribution in [3.63, 3.8) is 0 Å². The molecule has 2 heterocycles. The lowest BCUT2D eigenvalue weighted by atomic mass is 10.4. The molecule has 7 heteroatoms. The number of hydrogen-bond acceptors (Lipinski definition) is 7. The highest BCUT2D eigenvalue weighted by Gasteiger charge is 2.13. The number of rotatable bonds is 5. The van der Waals surface area contributed by atoms with Gasteiger partial charge in [0.25, 0.3) is 0 Å². The third kappa shape index (κ3) is 2.86. The van der Waals surface area contributed by atoms with Crippen LogP contribution in [0.15, 0.2) is 12.1 Å². The predicted molar refractivity (Wildman–Crippen MR) is 81.0 cm³/mol. The highest BCUT2D eigenvalue weighted by molar-refractivity contribution is 7.15. The minimum absolute atomic E-state index is 0.531. The molecule has 0 aliphatic heterocycles. The van der Waals surface area contributed by atoms with Crippen LogP contribution in [0.1, 0.15) is 18.7 Å². The number of hydrogen-bond donors (Lipinski definition) is 1. The first-order chi connectivity index (χ1) is 9.71. The molecular formula is C13H16N6S. The maximum Gasteiger partial charge on any atom is 0.230 e. The summed E-state index contributed by atoms with van der Waals surface area (Å²) < 4.78 is 0. The van der Waals surface area contributed by atoms with Crippen molar-refractivity contribution >= 4 is 23.2 Å². The summed E-state index contributed by atoms with van der Waals surface area (Å²) in [4.78, 5) is 16.8. The van der Waals surface area contributed by atoms with Crippen LogP contribution in [0.2, 0.25) is 0 Å². The lowest BCUT2D eigenvalue weighted by molar-refractivity contribution is 0.815. The fraction of sp³-hybridized carbons (Fsp3) is 0.385. The van der Waals surface area contributed by atoms with Gasteiger partial charge >= 0.3 is 0 Å². The molecule has 2 rings (SSSR count). The van der Waals surface area contributed by atoms with Crippen molar-refractivity contribution in [3.8, 4) is 16.8 Å². The molecule has 0 spiro atoms. The van der Waals surface area contributed by atoms with E-state index in [4.69, 9.17) is 5.26 Å². The van der Waals surface area contributed by atoms with Crippen LogP contribution in [0.25, 0.3) is 10.7 Å². The minimum atomic E-state index is 0.531. The van der Waals surface area contributed by atoms with Gasteiger partial charge in [0.1, 0.15) is 10.9 Å². The Bertz CT molecular complexity index is 626. The monoisotopic (exact) mass is 288 g/mol. The molecule has 0 aromatic carbocycles. The first kappa shape index (κ1) is 14.2. The van der Waals surface area contributed by atoms with E-state index in [0.717, 1.165) is 18.0 Å². The summed E-state index contributed by atoms with van der Waals surface area (Å²) in [5.41, 5.74) is 0. The van der Waals surface area contributed by atoms with Crippen molar-refractivity contribution in [2.24, 2.45) is 0 Å². The van der Waals surface area contributed by atoms with E-state index in [2.05, 4.69) is 45.1 Å². The fourth-order valence-electron chi connectivity index (χ4n) is 1.75. The van der Waals surface area contributed by atoms with Crippen LogP contribution in [-0.2, 0) is 0 Å². The van der Waals surface area contributed by atoms with Crippen molar-refractivity contribution in [1.82, 2.24) is 15.0 Å². The topological polar surface area (TPSA) is 77.7 Å². The van der Waals surface area contributed by atoms with E-state index in [1.54, 1.807) is 13.1 Å². The molecule has 0 atom stereocenters. The molecule has 0 aliphatic rings. The second-order valence-corrected chi connectivity index (χ2v) is 5.06. The number of nitrogens with zero attached hydrogens (tertiary/aromatic N) is 5. The summed E-state index contributed by atoms with van der Waals surface area (Å²) >= 11 is 1.38. The van der Waals surface area contributed by atoms with Gasteiger partial charge in [-0.3, -0.25) is 0 Å². The largest absolute Gasteiger partial charge is 0.357 e. The van der Waals surface area contributed by atoms with E-state index in [0.29, 0.717) is 22.6 Å². The average molecular weight is 288 g/mol. The van der Waals surface area contributed by atoms with Gasteiger partial charge in [0.05, 0.1) is 4.88 Å². The zero-order valence-corrected chi connectivity index (χ0v) is 12.5. The Hall–Kier alpha value is -2.20. The number of aromatic nitrogens is 3. The first-order valence-corrected chi connectivity index (χ1v) is 7.22. The molecule has 0 saturated heterocycles. The van der Waals surface area contributed by atoms with Crippen LogP contribution < -0.4 is 10.2 Å². The summed E-state index contributed by atoms with van der Waals surface area (Å²) in [5, 5.41) is 11.9. The molecule has 0 unspecified atom stereocenters. The van der Waals surface area contributed by atoms with Crippen LogP contribution in [0, 0.1) is 11.3 Å². The van der Waals surface area contributed by atoms with Crippen molar-refractivity contribution in [1.29, 1.82) is 5.26 Å². The average Bonchev–Trinajstić information content (AvgIpc) is 2.97. The molecular weight excluding hydrogens is 272 g/mol. The Kier molecular flexibility index (Phi) is 4.48. The Labute approximate surface area is 122 Å². The lowest BCUT2D eigenvalue weighted by Gasteiger charge is -2.19. The fourth-order valence-corrected chi connectivity index (χ4v) is 2.49. The zero-order valence-electron chi connectivity index (χ0n) is 11.7. The van der Waals surface area contributed by atoms with E-state index >= 15 is 0 Å². The molecule has 2 aromatic rings. The van der Waals surface area contributed by atoms with Gasteiger partial charge in [0, 0.05) is 20.1 Å². The predicted octanol–water partition coefficient (Wildman–Crippen LogP) is 2.36. The Morgan fingerprint density at radius 2 is 2.00 bits per heavy atom. The van der Waals surface area contributed by atoms with Gasteiger partial charge in [-0.25, -0.2) is 0 Å². The third-order valence-corrected chi connectivity index (χ3v) is 3.82. The van der Waals surface area contributed by atoms with E-state index in [1.165, 1.54) is 11.3 Å². The van der Waals surface area contributed by atoms with E-state index in [-0.39, 0.29) is 0 Å². The third-order valence-electron chi connectivity index (χ3n) is 2.83. The molecule has 0 fully saturated rings. The molecule has 0 bridgehead atoms. The number of thiophene rings is 1. The van der Waals surface area contributed by atoms with Crippen molar-refractivity contribution in [2.45, 2.75) is 13.8 Å². The smallest absolute Gasteiger partial charge is 0.230 e. The van der Waals surface area contributed by atoms with Crippen LogP contribution in [0.4, 0.5) is 11.9 Å². The maximum absolute atomic E-state index is 8.90. The summed E-state index contributed by atoms with van der Waals surface area (Å²) in [6, 6.07) is 5.77. The van der Waals surface area contributed by atoms with E-state index in [1.807, 2.05) is 6.07 Å². The van der Waals surface area contributed by atoms with Gasteiger partial charge in [0.15, 0.2) is 5.82 Å². The van der Waals surface area contributed by atoms with Crippen molar-refractivity contribution in [3.05, 3.63) is 17.0 Å². The molecule has 104 valence electrons. The van der Waals surface area contributed by atoms with E-state index < -0.39 is 0 Å². The standard InChI is InChI=1S/C13H16N6S/c1-4-19(5-2)13-17-11(16-12(15-3)18-13)10-7-6-9(8-14)20-10/h6-7H,4-5H2,1-3H3,(H,15,16,17,18). The quantitative estimate of drug-likeness (QED) is 0.910. The Morgan fingerprint density at radius 3 is 2.55 bits per heavy atom. The highest BCUT2D eigenvalue weighted by Crippen LogP contribution is 2.26. The summed E-state index contributed by atoms with van der Waals surface area (Å²) in [7, 11) is 1.78. The summed E-state index contributed by atoms with van der Waals surface area (Å²) in [6.45, 7) is 5.78. The number of anilines is 2. The van der Waals surface area contributed by atoms with Crippen molar-refractivity contribution in [2.75, 3.05) is 30.4 Å². The second-order valence-electron chi connectivity index (χ2n) is 3.98.